The maximum Gasteiger partial charge on any atom is 0.314 e. The van der Waals surface area contributed by atoms with Gasteiger partial charge in [-0.15, -0.1) is 0 Å². The smallest absolute Gasteiger partial charge is 0.314 e. The van der Waals surface area contributed by atoms with E-state index in [9.17, 15) is 15.0 Å². The molecule has 0 saturated heterocycles. The molecule has 0 aliphatic heterocycles. The monoisotopic (exact) mass is 298 g/mol. The van der Waals surface area contributed by atoms with Crippen LogP contribution in [0.2, 0.25) is 0 Å². The lowest BCUT2D eigenvalue weighted by Crippen LogP contribution is -2.43. The molecule has 0 amide bonds. The van der Waals surface area contributed by atoms with Gasteiger partial charge in [-0.05, 0) is 53.7 Å². The fourth-order valence-corrected chi connectivity index (χ4v) is 2.96. The number of benzene rings is 1. The summed E-state index contributed by atoms with van der Waals surface area (Å²) in [5.74, 6) is -0.748. The first-order valence-electron chi connectivity index (χ1n) is 5.62. The lowest BCUT2D eigenvalue weighted by molar-refractivity contribution is -0.147. The third-order valence-electron chi connectivity index (χ3n) is 3.71. The van der Waals surface area contributed by atoms with Gasteiger partial charge in [0, 0.05) is 5.56 Å². The van der Waals surface area contributed by atoms with Crippen molar-refractivity contribution >= 4 is 21.9 Å². The Kier molecular flexibility index (Phi) is 2.94. The predicted octanol–water partition coefficient (Wildman–Crippen LogP) is 3.28. The Morgan fingerprint density at radius 2 is 1.94 bits per heavy atom. The van der Waals surface area contributed by atoms with E-state index < -0.39 is 11.4 Å². The van der Waals surface area contributed by atoms with E-state index in [1.54, 1.807) is 0 Å². The van der Waals surface area contributed by atoms with Crippen LogP contribution in [-0.2, 0) is 10.2 Å². The van der Waals surface area contributed by atoms with Crippen LogP contribution in [-0.4, -0.2) is 16.2 Å². The van der Waals surface area contributed by atoms with E-state index in [-0.39, 0.29) is 5.75 Å². The molecule has 4 heteroatoms. The Labute approximate surface area is 109 Å². The van der Waals surface area contributed by atoms with Crippen LogP contribution in [0.3, 0.4) is 0 Å². The first-order chi connectivity index (χ1) is 7.90. The maximum absolute atomic E-state index is 11.5. The number of phenols is 1. The van der Waals surface area contributed by atoms with Gasteiger partial charge in [-0.25, -0.2) is 0 Å². The van der Waals surface area contributed by atoms with Crippen LogP contribution in [0.1, 0.15) is 36.0 Å². The third-order valence-corrected chi connectivity index (χ3v) is 4.71. The van der Waals surface area contributed by atoms with Gasteiger partial charge in [0.25, 0.3) is 0 Å². The van der Waals surface area contributed by atoms with E-state index >= 15 is 0 Å². The zero-order valence-corrected chi connectivity index (χ0v) is 11.5. The molecule has 17 heavy (non-hydrogen) atoms. The average Bonchev–Trinajstić information content (AvgIpc) is 2.17. The van der Waals surface area contributed by atoms with Crippen molar-refractivity contribution in [3.63, 3.8) is 0 Å². The number of hydrogen-bond donors (Lipinski definition) is 2. The van der Waals surface area contributed by atoms with Crippen molar-refractivity contribution in [1.82, 2.24) is 0 Å². The third kappa shape index (κ3) is 1.66. The van der Waals surface area contributed by atoms with Crippen molar-refractivity contribution in [2.45, 2.75) is 38.5 Å². The molecule has 0 atom stereocenters. The quantitative estimate of drug-likeness (QED) is 0.881. The maximum atomic E-state index is 11.5. The fourth-order valence-electron chi connectivity index (χ4n) is 2.65. The molecule has 1 aromatic carbocycles. The van der Waals surface area contributed by atoms with Gasteiger partial charge in [0.1, 0.15) is 5.75 Å². The van der Waals surface area contributed by atoms with Crippen LogP contribution >= 0.6 is 15.9 Å². The molecule has 1 aliphatic rings. The summed E-state index contributed by atoms with van der Waals surface area (Å²) in [5, 5.41) is 19.6. The second kappa shape index (κ2) is 4.02. The molecule has 1 aliphatic carbocycles. The number of aromatic hydroxyl groups is 1. The molecule has 0 unspecified atom stereocenters. The highest BCUT2D eigenvalue weighted by Gasteiger charge is 2.48. The minimum Gasteiger partial charge on any atom is -0.506 e. The molecule has 1 saturated carbocycles. The highest BCUT2D eigenvalue weighted by Crippen LogP contribution is 2.50. The number of aliphatic carboxylic acids is 1. The Morgan fingerprint density at radius 1 is 1.35 bits per heavy atom. The van der Waals surface area contributed by atoms with Crippen LogP contribution in [0.4, 0.5) is 0 Å². The van der Waals surface area contributed by atoms with Gasteiger partial charge in [0.15, 0.2) is 0 Å². The summed E-state index contributed by atoms with van der Waals surface area (Å²) in [6.07, 6.45) is 2.11. The Bertz CT molecular complexity index is 490. The zero-order chi connectivity index (χ0) is 12.8. The summed E-state index contributed by atoms with van der Waals surface area (Å²) in [6.45, 7) is 3.74. The number of hydrogen-bond acceptors (Lipinski definition) is 2. The van der Waals surface area contributed by atoms with Gasteiger partial charge in [0.2, 0.25) is 0 Å². The molecule has 0 heterocycles. The van der Waals surface area contributed by atoms with Gasteiger partial charge < -0.3 is 10.2 Å². The van der Waals surface area contributed by atoms with Gasteiger partial charge in [0.05, 0.1) is 9.89 Å². The van der Waals surface area contributed by atoms with E-state index in [1.807, 2.05) is 19.9 Å². The second-order valence-corrected chi connectivity index (χ2v) is 5.58. The molecule has 1 aromatic rings. The van der Waals surface area contributed by atoms with E-state index in [0.29, 0.717) is 22.9 Å². The zero-order valence-electron chi connectivity index (χ0n) is 9.88. The minimum atomic E-state index is -0.885. The van der Waals surface area contributed by atoms with E-state index in [0.717, 1.165) is 17.5 Å². The predicted molar refractivity (Wildman–Crippen MR) is 68.4 cm³/mol. The highest BCUT2D eigenvalue weighted by molar-refractivity contribution is 9.10. The minimum absolute atomic E-state index is 0.0876. The van der Waals surface area contributed by atoms with E-state index in [2.05, 4.69) is 15.9 Å². The number of aryl methyl sites for hydroxylation is 2. The number of rotatable bonds is 2. The summed E-state index contributed by atoms with van der Waals surface area (Å²) < 4.78 is 0.602. The lowest BCUT2D eigenvalue weighted by atomic mass is 9.63. The molecule has 0 spiro atoms. The first kappa shape index (κ1) is 12.4. The van der Waals surface area contributed by atoms with Gasteiger partial charge >= 0.3 is 5.97 Å². The van der Waals surface area contributed by atoms with E-state index in [1.165, 1.54) is 0 Å². The molecule has 92 valence electrons. The molecule has 2 rings (SSSR count). The molecule has 0 bridgehead atoms. The molecular formula is C13H15BrO3. The topological polar surface area (TPSA) is 57.5 Å². The lowest BCUT2D eigenvalue weighted by Gasteiger charge is -2.39. The summed E-state index contributed by atoms with van der Waals surface area (Å²) >= 11 is 3.32. The van der Waals surface area contributed by atoms with Crippen molar-refractivity contribution in [1.29, 1.82) is 0 Å². The number of halogens is 1. The molecule has 1 fully saturated rings. The number of carboxylic acid groups (broad SMARTS) is 1. The van der Waals surface area contributed by atoms with Crippen LogP contribution in [0.15, 0.2) is 10.5 Å². The molecule has 2 N–H and O–H groups in total. The van der Waals surface area contributed by atoms with Crippen LogP contribution in [0.5, 0.6) is 5.75 Å². The SMILES string of the molecule is Cc1cc(C)c(C2(C(=O)O)CCC2)c(O)c1Br. The van der Waals surface area contributed by atoms with Gasteiger partial charge in [-0.3, -0.25) is 4.79 Å². The molecule has 0 aromatic heterocycles. The summed E-state index contributed by atoms with van der Waals surface area (Å²) in [6, 6.07) is 1.92. The van der Waals surface area contributed by atoms with E-state index in [4.69, 9.17) is 0 Å². The number of phenolic OH excluding ortho intramolecular Hbond substituents is 1. The van der Waals surface area contributed by atoms with Crippen molar-refractivity contribution in [2.24, 2.45) is 0 Å². The molecule has 3 nitrogen and oxygen atoms in total. The number of carbonyl (C=O) groups is 1. The molecule has 0 radical (unpaired) electrons. The summed E-state index contributed by atoms with van der Waals surface area (Å²) in [4.78, 5) is 11.5. The standard InChI is InChI=1S/C13H15BrO3/c1-7-6-8(2)10(14)11(15)9(7)13(12(16)17)4-3-5-13/h6,15H,3-5H2,1-2H3,(H,16,17). The second-order valence-electron chi connectivity index (χ2n) is 4.79. The van der Waals surface area contributed by atoms with Crippen molar-refractivity contribution in [3.8, 4) is 5.75 Å². The van der Waals surface area contributed by atoms with Crippen LogP contribution in [0.25, 0.3) is 0 Å². The Morgan fingerprint density at radius 3 is 2.35 bits per heavy atom. The summed E-state index contributed by atoms with van der Waals surface area (Å²) in [5.41, 5.74) is 1.47. The average molecular weight is 299 g/mol. The number of carboxylic acids is 1. The van der Waals surface area contributed by atoms with Crippen molar-refractivity contribution in [3.05, 3.63) is 27.2 Å². The van der Waals surface area contributed by atoms with Crippen LogP contribution in [0, 0.1) is 13.8 Å². The van der Waals surface area contributed by atoms with Crippen molar-refractivity contribution < 1.29 is 15.0 Å². The summed E-state index contributed by atoms with van der Waals surface area (Å²) in [7, 11) is 0. The fraction of sp³-hybridized carbons (Fsp3) is 0.462. The van der Waals surface area contributed by atoms with Crippen LogP contribution < -0.4 is 0 Å². The first-order valence-corrected chi connectivity index (χ1v) is 6.42. The molecular weight excluding hydrogens is 284 g/mol. The Balaban J connectivity index is 2.67. The normalized spacial score (nSPS) is 17.6. The highest BCUT2D eigenvalue weighted by atomic mass is 79.9. The van der Waals surface area contributed by atoms with Gasteiger partial charge in [-0.2, -0.15) is 0 Å². The largest absolute Gasteiger partial charge is 0.506 e. The Hall–Kier alpha value is -1.03. The van der Waals surface area contributed by atoms with Gasteiger partial charge in [-0.1, -0.05) is 12.5 Å². The van der Waals surface area contributed by atoms with Crippen molar-refractivity contribution in [2.75, 3.05) is 0 Å².